The van der Waals surface area contributed by atoms with Gasteiger partial charge in [0.15, 0.2) is 6.54 Å². The average molecular weight is 326 g/mol. The van der Waals surface area contributed by atoms with Crippen LogP contribution < -0.4 is 10.2 Å². The molecule has 1 amide bonds. The fourth-order valence-electron chi connectivity index (χ4n) is 3.68. The molecule has 1 aromatic carbocycles. The fraction of sp³-hybridized carbons (Fsp3) is 0.450. The Bertz CT molecular complexity index is 687. The second kappa shape index (κ2) is 7.22. The lowest BCUT2D eigenvalue weighted by Gasteiger charge is -2.21. The van der Waals surface area contributed by atoms with Crippen LogP contribution in [0.1, 0.15) is 49.9 Å². The molecule has 2 atom stereocenters. The van der Waals surface area contributed by atoms with E-state index < -0.39 is 0 Å². The molecule has 3 rings (SSSR count). The number of carbonyl (C=O) groups is 1. The lowest BCUT2D eigenvalue weighted by molar-refractivity contribution is -0.910. The molecule has 2 heterocycles. The minimum Gasteiger partial charge on any atom is -0.350 e. The first kappa shape index (κ1) is 16.8. The largest absolute Gasteiger partial charge is 0.350 e. The van der Waals surface area contributed by atoms with Crippen molar-refractivity contribution in [3.8, 4) is 0 Å². The van der Waals surface area contributed by atoms with E-state index >= 15 is 0 Å². The van der Waals surface area contributed by atoms with Crippen molar-refractivity contribution in [1.29, 1.82) is 0 Å². The van der Waals surface area contributed by atoms with Gasteiger partial charge in [0.25, 0.3) is 5.91 Å². The first-order valence-corrected chi connectivity index (χ1v) is 8.90. The van der Waals surface area contributed by atoms with Gasteiger partial charge in [0.2, 0.25) is 0 Å². The average Bonchev–Trinajstić information content (AvgIpc) is 3.16. The molecular weight excluding hydrogens is 298 g/mol. The lowest BCUT2D eigenvalue weighted by atomic mass is 10.0. The predicted molar refractivity (Wildman–Crippen MR) is 97.2 cm³/mol. The van der Waals surface area contributed by atoms with E-state index in [0.29, 0.717) is 18.5 Å². The van der Waals surface area contributed by atoms with Crippen molar-refractivity contribution < 1.29 is 9.69 Å². The van der Waals surface area contributed by atoms with E-state index in [1.54, 1.807) is 0 Å². The molecule has 1 saturated heterocycles. The van der Waals surface area contributed by atoms with Crippen molar-refractivity contribution in [2.75, 3.05) is 18.4 Å². The van der Waals surface area contributed by atoms with Crippen LogP contribution in [-0.4, -0.2) is 23.6 Å². The molecule has 1 unspecified atom stereocenters. The van der Waals surface area contributed by atoms with Crippen LogP contribution in [0.2, 0.25) is 0 Å². The zero-order valence-corrected chi connectivity index (χ0v) is 14.9. The van der Waals surface area contributed by atoms with Gasteiger partial charge in [0.05, 0.1) is 12.2 Å². The van der Waals surface area contributed by atoms with E-state index in [-0.39, 0.29) is 5.91 Å². The highest BCUT2D eigenvalue weighted by Gasteiger charge is 2.32. The first-order valence-electron chi connectivity index (χ1n) is 8.90. The predicted octanol–water partition coefficient (Wildman–Crippen LogP) is 2.51. The Hall–Kier alpha value is -2.07. The van der Waals surface area contributed by atoms with Gasteiger partial charge in [-0.3, -0.25) is 4.79 Å². The van der Waals surface area contributed by atoms with Crippen molar-refractivity contribution >= 4 is 11.6 Å². The summed E-state index contributed by atoms with van der Waals surface area (Å²) in [5, 5.41) is 3.05. The Morgan fingerprint density at radius 1 is 1.29 bits per heavy atom. The number of hydrogen-bond acceptors (Lipinski definition) is 1. The van der Waals surface area contributed by atoms with Crippen LogP contribution in [0.15, 0.2) is 42.6 Å². The van der Waals surface area contributed by atoms with Crippen molar-refractivity contribution in [3.05, 3.63) is 53.9 Å². The molecule has 4 nitrogen and oxygen atoms in total. The molecule has 128 valence electrons. The van der Waals surface area contributed by atoms with Gasteiger partial charge < -0.3 is 14.8 Å². The molecule has 24 heavy (non-hydrogen) atoms. The summed E-state index contributed by atoms with van der Waals surface area (Å²) in [6.07, 6.45) is 4.42. The quantitative estimate of drug-likeness (QED) is 0.870. The second-order valence-corrected chi connectivity index (χ2v) is 7.15. The normalized spacial score (nSPS) is 20.5. The third-order valence-corrected chi connectivity index (χ3v) is 5.07. The second-order valence-electron chi connectivity index (χ2n) is 7.15. The Morgan fingerprint density at radius 3 is 2.67 bits per heavy atom. The summed E-state index contributed by atoms with van der Waals surface area (Å²) in [5.74, 6) is 0.609. The zero-order chi connectivity index (χ0) is 17.1. The van der Waals surface area contributed by atoms with E-state index in [1.807, 2.05) is 12.1 Å². The Morgan fingerprint density at radius 2 is 2.04 bits per heavy atom. The molecule has 4 heteroatoms. The van der Waals surface area contributed by atoms with E-state index in [9.17, 15) is 4.79 Å². The number of amides is 1. The monoisotopic (exact) mass is 326 g/mol. The Labute approximate surface area is 144 Å². The molecule has 1 fully saturated rings. The summed E-state index contributed by atoms with van der Waals surface area (Å²) in [4.78, 5) is 13.8. The maximum atomic E-state index is 12.4. The number of nitrogens with zero attached hydrogens (tertiary/aromatic N) is 1. The minimum atomic E-state index is 0.100. The van der Waals surface area contributed by atoms with E-state index in [0.717, 1.165) is 18.7 Å². The summed E-state index contributed by atoms with van der Waals surface area (Å²) in [6.45, 7) is 5.94. The van der Waals surface area contributed by atoms with Crippen LogP contribution in [0.5, 0.6) is 0 Å². The third-order valence-electron chi connectivity index (χ3n) is 5.07. The Balaban J connectivity index is 1.61. The van der Waals surface area contributed by atoms with Crippen LogP contribution in [-0.2, 0) is 11.8 Å². The van der Waals surface area contributed by atoms with Gasteiger partial charge in [-0.2, -0.15) is 0 Å². The number of carbonyl (C=O) groups excluding carboxylic acids is 1. The molecule has 0 radical (unpaired) electrons. The van der Waals surface area contributed by atoms with Crippen molar-refractivity contribution in [1.82, 2.24) is 4.57 Å². The summed E-state index contributed by atoms with van der Waals surface area (Å²) >= 11 is 0. The van der Waals surface area contributed by atoms with E-state index in [2.05, 4.69) is 61.2 Å². The molecule has 2 N–H and O–H groups in total. The van der Waals surface area contributed by atoms with Gasteiger partial charge in [0.1, 0.15) is 6.04 Å². The number of aryl methyl sites for hydroxylation is 1. The zero-order valence-electron chi connectivity index (χ0n) is 14.9. The van der Waals surface area contributed by atoms with Crippen LogP contribution in [0.25, 0.3) is 0 Å². The van der Waals surface area contributed by atoms with Crippen molar-refractivity contribution in [3.63, 3.8) is 0 Å². The van der Waals surface area contributed by atoms with Crippen LogP contribution in [0, 0.1) is 0 Å². The summed E-state index contributed by atoms with van der Waals surface area (Å²) < 4.78 is 2.18. The fourth-order valence-corrected chi connectivity index (χ4v) is 3.68. The summed E-state index contributed by atoms with van der Waals surface area (Å²) in [7, 11) is 2.08. The molecule has 0 spiro atoms. The van der Waals surface area contributed by atoms with Gasteiger partial charge >= 0.3 is 0 Å². The molecule has 1 aliphatic rings. The number of benzene rings is 1. The van der Waals surface area contributed by atoms with Gasteiger partial charge in [-0.25, -0.2) is 0 Å². The number of likely N-dealkylation sites (tertiary alicyclic amines) is 1. The van der Waals surface area contributed by atoms with Gasteiger partial charge in [0, 0.05) is 31.8 Å². The maximum Gasteiger partial charge on any atom is 0.279 e. The molecule has 0 saturated carbocycles. The van der Waals surface area contributed by atoms with Crippen LogP contribution >= 0.6 is 0 Å². The summed E-state index contributed by atoms with van der Waals surface area (Å²) in [5.41, 5.74) is 3.51. The number of rotatable bonds is 5. The topological polar surface area (TPSA) is 38.5 Å². The van der Waals surface area contributed by atoms with Gasteiger partial charge in [-0.15, -0.1) is 0 Å². The number of anilines is 1. The van der Waals surface area contributed by atoms with E-state index in [4.69, 9.17) is 0 Å². The highest BCUT2D eigenvalue weighted by Crippen LogP contribution is 2.19. The lowest BCUT2D eigenvalue weighted by Crippen LogP contribution is -3.11. The van der Waals surface area contributed by atoms with Crippen molar-refractivity contribution in [2.24, 2.45) is 7.05 Å². The summed E-state index contributed by atoms with van der Waals surface area (Å²) in [6, 6.07) is 12.9. The number of hydrogen-bond donors (Lipinski definition) is 2. The standard InChI is InChI=1S/C20H27N3O/c1-15(2)16-8-10-17(11-9-16)21-20(24)14-23-13-5-7-19(23)18-6-4-12-22(18)3/h4,6,8-12,15,19H,5,7,13-14H2,1-3H3,(H,21,24)/p+1/t19-/m1/s1. The van der Waals surface area contributed by atoms with Crippen LogP contribution in [0.4, 0.5) is 5.69 Å². The molecule has 1 aromatic heterocycles. The SMILES string of the molecule is CC(C)c1ccc(NC(=O)C[NH+]2CCC[C@@H]2c2cccn2C)cc1. The molecule has 0 aliphatic carbocycles. The molecular formula is C20H28N3O+. The van der Waals surface area contributed by atoms with Crippen molar-refractivity contribution in [2.45, 2.75) is 38.6 Å². The van der Waals surface area contributed by atoms with E-state index in [1.165, 1.54) is 22.6 Å². The molecule has 1 aliphatic heterocycles. The maximum absolute atomic E-state index is 12.4. The molecule has 0 bridgehead atoms. The number of quaternary nitrogens is 1. The van der Waals surface area contributed by atoms with Gasteiger partial charge in [-0.1, -0.05) is 26.0 Å². The highest BCUT2D eigenvalue weighted by atomic mass is 16.2. The number of aromatic nitrogens is 1. The molecule has 2 aromatic rings. The van der Waals surface area contributed by atoms with Gasteiger partial charge in [-0.05, 0) is 35.7 Å². The van der Waals surface area contributed by atoms with Crippen LogP contribution in [0.3, 0.4) is 0 Å². The smallest absolute Gasteiger partial charge is 0.279 e. The Kier molecular flexibility index (Phi) is 5.05. The third kappa shape index (κ3) is 3.70. The first-order chi connectivity index (χ1) is 11.5. The number of nitrogens with one attached hydrogen (secondary N) is 2. The minimum absolute atomic E-state index is 0.100. The highest BCUT2D eigenvalue weighted by molar-refractivity contribution is 5.91.